The van der Waals surface area contributed by atoms with E-state index in [-0.39, 0.29) is 17.9 Å². The molecule has 1 N–H and O–H groups in total. The summed E-state index contributed by atoms with van der Waals surface area (Å²) in [5.41, 5.74) is -1.67. The van der Waals surface area contributed by atoms with Crippen LogP contribution < -0.4 is 5.32 Å². The molecule has 0 bridgehead atoms. The molecule has 0 fully saturated rings. The minimum atomic E-state index is -8.77. The van der Waals surface area contributed by atoms with Crippen LogP contribution in [0.5, 0.6) is 0 Å². The number of hydrogen-bond donors (Lipinski definition) is 1. The third-order valence-corrected chi connectivity index (χ3v) is 6.75. The Kier molecular flexibility index (Phi) is 10.6. The number of carbonyl (C=O) groups is 3. The Morgan fingerprint density at radius 3 is 1.41 bits per heavy atom. The number of esters is 2. The molecule has 0 saturated carbocycles. The van der Waals surface area contributed by atoms with E-state index in [1.165, 1.54) is 6.92 Å². The molecule has 0 aromatic carbocycles. The Hall–Kier alpha value is -2.72. The summed E-state index contributed by atoms with van der Waals surface area (Å²) in [5, 5.41) is -7.66. The average Bonchev–Trinajstić information content (AvgIpc) is 3.18. The van der Waals surface area contributed by atoms with Crippen LogP contribution >= 0.6 is 22.9 Å². The zero-order valence-electron chi connectivity index (χ0n) is 21.3. The molecule has 1 amide bonds. The monoisotopic (exact) mass is 719 g/mol. The summed E-state index contributed by atoms with van der Waals surface area (Å²) in [4.78, 5) is 35.5. The van der Waals surface area contributed by atoms with Crippen molar-refractivity contribution in [2.24, 2.45) is 0 Å². The number of thiophene rings is 1. The first-order valence-corrected chi connectivity index (χ1v) is 12.1. The van der Waals surface area contributed by atoms with Crippen LogP contribution in [0.2, 0.25) is 0 Å². The van der Waals surface area contributed by atoms with Gasteiger partial charge in [0.1, 0.15) is 9.88 Å². The third-order valence-electron chi connectivity index (χ3n) is 5.32. The molecule has 0 saturated heterocycles. The van der Waals surface area contributed by atoms with Crippen molar-refractivity contribution >= 4 is 45.8 Å². The van der Waals surface area contributed by atoms with Crippen molar-refractivity contribution in [2.75, 3.05) is 18.5 Å². The first-order chi connectivity index (χ1) is 19.4. The fourth-order valence-corrected chi connectivity index (χ4v) is 4.13. The summed E-state index contributed by atoms with van der Waals surface area (Å²) in [6.07, 6.45) is 0. The molecule has 1 aromatic heterocycles. The quantitative estimate of drug-likeness (QED) is 0.129. The van der Waals surface area contributed by atoms with Crippen molar-refractivity contribution < 1.29 is 94.1 Å². The van der Waals surface area contributed by atoms with Crippen molar-refractivity contribution in [1.29, 1.82) is 0 Å². The highest BCUT2D eigenvalue weighted by atomic mass is 35.5. The Morgan fingerprint density at radius 1 is 0.659 bits per heavy atom. The molecule has 0 aliphatic rings. The van der Waals surface area contributed by atoms with Crippen LogP contribution in [0.25, 0.3) is 0 Å². The average molecular weight is 720 g/mol. The molecule has 6 nitrogen and oxygen atoms in total. The smallest absolute Gasteiger partial charge is 0.393 e. The van der Waals surface area contributed by atoms with Crippen molar-refractivity contribution in [2.45, 2.75) is 67.6 Å². The Morgan fingerprint density at radius 2 is 1.02 bits per heavy atom. The third kappa shape index (κ3) is 5.72. The van der Waals surface area contributed by atoms with E-state index in [0.717, 1.165) is 13.8 Å². The zero-order chi connectivity index (χ0) is 35.3. The largest absolute Gasteiger partial charge is 0.462 e. The number of hydrogen-bond acceptors (Lipinski definition) is 6. The summed E-state index contributed by atoms with van der Waals surface area (Å²) in [7, 11) is 0. The molecule has 1 aromatic rings. The second-order valence-electron chi connectivity index (χ2n) is 8.17. The van der Waals surface area contributed by atoms with Crippen molar-refractivity contribution in [1.82, 2.24) is 0 Å². The molecular formula is C20H14ClF16NO5S. The number of halogens is 17. The van der Waals surface area contributed by atoms with Crippen molar-refractivity contribution in [3.8, 4) is 0 Å². The van der Waals surface area contributed by atoms with E-state index in [9.17, 15) is 84.6 Å². The van der Waals surface area contributed by atoms with Gasteiger partial charge in [-0.2, -0.15) is 70.2 Å². The van der Waals surface area contributed by atoms with Gasteiger partial charge in [-0.25, -0.2) is 9.59 Å². The first kappa shape index (κ1) is 39.3. The van der Waals surface area contributed by atoms with Gasteiger partial charge in [0.05, 0.1) is 18.8 Å². The molecule has 0 spiro atoms. The maximum absolute atomic E-state index is 14.4. The molecule has 0 atom stereocenters. The van der Waals surface area contributed by atoms with Crippen molar-refractivity contribution in [3.05, 3.63) is 16.0 Å². The maximum Gasteiger partial charge on any atom is 0.393 e. The number of ether oxygens (including phenoxy) is 2. The van der Waals surface area contributed by atoms with E-state index >= 15 is 0 Å². The Bertz CT molecular complexity index is 1280. The van der Waals surface area contributed by atoms with E-state index in [0.29, 0.717) is 5.32 Å². The number of rotatable bonds is 13. The van der Waals surface area contributed by atoms with Gasteiger partial charge in [-0.15, -0.1) is 11.3 Å². The summed E-state index contributed by atoms with van der Waals surface area (Å²) >= 11 is 3.22. The van der Waals surface area contributed by atoms with Gasteiger partial charge < -0.3 is 14.8 Å². The van der Waals surface area contributed by atoms with Crippen LogP contribution in [0.15, 0.2) is 0 Å². The van der Waals surface area contributed by atoms with Gasteiger partial charge in [0.25, 0.3) is 0 Å². The van der Waals surface area contributed by atoms with E-state index in [1.54, 1.807) is 0 Å². The molecule has 0 radical (unpaired) electrons. The molecule has 0 aliphatic heterocycles. The highest BCUT2D eigenvalue weighted by Crippen LogP contribution is 2.64. The SMILES string of the molecule is CCOC(=O)c1sc(NC(=O)C(F)(F)C(F)(F)C(F)(F)C(F)(F)C(F)(F)C(F)(F)C(F)(F)C(F)(F)Cl)c(C(=O)OCC)c1C. The zero-order valence-corrected chi connectivity index (χ0v) is 22.9. The normalized spacial score (nSPS) is 14.4. The van der Waals surface area contributed by atoms with Crippen LogP contribution in [-0.4, -0.2) is 77.9 Å². The van der Waals surface area contributed by atoms with Gasteiger partial charge >= 0.3 is 64.7 Å². The predicted molar refractivity (Wildman–Crippen MR) is 115 cm³/mol. The molecule has 1 heterocycles. The second-order valence-corrected chi connectivity index (χ2v) is 9.67. The molecular weight excluding hydrogens is 706 g/mol. The summed E-state index contributed by atoms with van der Waals surface area (Å²) < 4.78 is 228. The number of alkyl halides is 17. The first-order valence-electron chi connectivity index (χ1n) is 10.9. The number of carbonyl (C=O) groups excluding carboxylic acids is 3. The highest BCUT2D eigenvalue weighted by Gasteiger charge is 2.95. The van der Waals surface area contributed by atoms with Gasteiger partial charge in [-0.3, -0.25) is 4.79 Å². The molecule has 254 valence electrons. The fourth-order valence-electron chi connectivity index (χ4n) is 2.93. The fraction of sp³-hybridized carbons (Fsp3) is 0.650. The van der Waals surface area contributed by atoms with Crippen LogP contribution in [0.1, 0.15) is 39.4 Å². The molecule has 44 heavy (non-hydrogen) atoms. The standard InChI is InChI=1S/C20H14ClF16NO5S/c1-4-42-10(39)7-6(3)8(11(40)43-5-2)44-9(7)38-12(41)13(22,23)14(24,25)15(26,27)16(28,29)17(30,31)18(32,33)19(34,35)20(21,36)37/h4-5H2,1-3H3,(H,38,41). The topological polar surface area (TPSA) is 81.7 Å². The molecule has 0 unspecified atom stereocenters. The van der Waals surface area contributed by atoms with Gasteiger partial charge in [-0.1, -0.05) is 0 Å². The number of amides is 1. The van der Waals surface area contributed by atoms with Crippen LogP contribution in [-0.2, 0) is 14.3 Å². The lowest BCUT2D eigenvalue weighted by Crippen LogP contribution is -2.75. The molecule has 0 aliphatic carbocycles. The lowest BCUT2D eigenvalue weighted by Gasteiger charge is -2.42. The van der Waals surface area contributed by atoms with Crippen LogP contribution in [0, 0.1) is 6.92 Å². The Balaban J connectivity index is 3.74. The van der Waals surface area contributed by atoms with E-state index in [1.807, 2.05) is 0 Å². The maximum atomic E-state index is 14.4. The summed E-state index contributed by atoms with van der Waals surface area (Å²) in [6.45, 7) is 2.34. The predicted octanol–water partition coefficient (Wildman–Crippen LogP) is 7.63. The van der Waals surface area contributed by atoms with Gasteiger partial charge in [-0.05, 0) is 37.9 Å². The van der Waals surface area contributed by atoms with Crippen LogP contribution in [0.3, 0.4) is 0 Å². The minimum Gasteiger partial charge on any atom is -0.462 e. The van der Waals surface area contributed by atoms with E-state index in [4.69, 9.17) is 0 Å². The summed E-state index contributed by atoms with van der Waals surface area (Å²) in [6, 6.07) is 0. The summed E-state index contributed by atoms with van der Waals surface area (Å²) in [5.74, 6) is -64.9. The Labute approximate surface area is 242 Å². The second kappa shape index (κ2) is 11.9. The molecule has 1 rings (SSSR count). The van der Waals surface area contributed by atoms with Gasteiger partial charge in [0, 0.05) is 0 Å². The van der Waals surface area contributed by atoms with Gasteiger partial charge in [0.15, 0.2) is 0 Å². The van der Waals surface area contributed by atoms with E-state index < -0.39 is 92.3 Å². The number of nitrogens with one attached hydrogen (secondary N) is 1. The van der Waals surface area contributed by atoms with Crippen molar-refractivity contribution in [3.63, 3.8) is 0 Å². The minimum absolute atomic E-state index is 0.238. The number of anilines is 1. The lowest BCUT2D eigenvalue weighted by molar-refractivity contribution is -0.445. The van der Waals surface area contributed by atoms with Crippen LogP contribution in [0.4, 0.5) is 75.2 Å². The highest BCUT2D eigenvalue weighted by molar-refractivity contribution is 7.18. The van der Waals surface area contributed by atoms with Gasteiger partial charge in [0.2, 0.25) is 0 Å². The lowest BCUT2D eigenvalue weighted by atomic mass is 9.89. The van der Waals surface area contributed by atoms with E-state index in [2.05, 4.69) is 21.1 Å². The molecule has 24 heteroatoms.